The highest BCUT2D eigenvalue weighted by atomic mass is 32.2. The fourth-order valence-electron chi connectivity index (χ4n) is 1.86. The van der Waals surface area contributed by atoms with E-state index in [1.807, 2.05) is 13.8 Å². The molecule has 0 atom stereocenters. The molecule has 102 valence electrons. The number of phenols is 1. The fourth-order valence-corrected chi connectivity index (χ4v) is 3.40. The Hall–Kier alpha value is -1.27. The van der Waals surface area contributed by atoms with Gasteiger partial charge in [0.05, 0.1) is 10.6 Å². The van der Waals surface area contributed by atoms with E-state index in [0.29, 0.717) is 0 Å². The number of benzene rings is 1. The first-order chi connectivity index (χ1) is 8.34. The quantitative estimate of drug-likeness (QED) is 0.632. The van der Waals surface area contributed by atoms with Crippen molar-refractivity contribution in [3.63, 3.8) is 0 Å². The van der Waals surface area contributed by atoms with E-state index < -0.39 is 10.0 Å². The monoisotopic (exact) mass is 272 g/mol. The van der Waals surface area contributed by atoms with Gasteiger partial charge in [-0.3, -0.25) is 0 Å². The van der Waals surface area contributed by atoms with Crippen molar-refractivity contribution in [1.82, 2.24) is 4.31 Å². The van der Waals surface area contributed by atoms with Crippen LogP contribution in [0.2, 0.25) is 0 Å². The minimum absolute atomic E-state index is 0.0370. The molecule has 5 nitrogen and oxygen atoms in total. The van der Waals surface area contributed by atoms with Gasteiger partial charge in [0.2, 0.25) is 10.0 Å². The maximum absolute atomic E-state index is 12.3. The highest BCUT2D eigenvalue weighted by Crippen LogP contribution is 2.26. The van der Waals surface area contributed by atoms with E-state index in [4.69, 9.17) is 5.73 Å². The van der Waals surface area contributed by atoms with Crippen molar-refractivity contribution in [1.29, 1.82) is 0 Å². The molecule has 6 heteroatoms. The molecule has 0 radical (unpaired) electrons. The Balaban J connectivity index is 3.16. The number of aromatic hydroxyl groups is 1. The zero-order valence-corrected chi connectivity index (χ0v) is 11.7. The van der Waals surface area contributed by atoms with Gasteiger partial charge >= 0.3 is 0 Å². The summed E-state index contributed by atoms with van der Waals surface area (Å²) in [5.74, 6) is -0.112. The molecule has 0 aliphatic heterocycles. The van der Waals surface area contributed by atoms with Gasteiger partial charge in [0.15, 0.2) is 0 Å². The summed E-state index contributed by atoms with van der Waals surface area (Å²) in [6.45, 7) is 3.90. The molecule has 0 heterocycles. The molecule has 0 saturated carbocycles. The van der Waals surface area contributed by atoms with E-state index in [-0.39, 0.29) is 22.4 Å². The van der Waals surface area contributed by atoms with E-state index in [1.54, 1.807) is 7.05 Å². The lowest BCUT2D eigenvalue weighted by molar-refractivity contribution is 0.349. The first kappa shape index (κ1) is 14.8. The van der Waals surface area contributed by atoms with Gasteiger partial charge in [-0.1, -0.05) is 13.8 Å². The zero-order chi connectivity index (χ0) is 13.9. The number of phenolic OH excluding ortho intramolecular Hbond substituents is 1. The van der Waals surface area contributed by atoms with Crippen molar-refractivity contribution < 1.29 is 13.5 Å². The normalized spacial score (nSPS) is 12.3. The van der Waals surface area contributed by atoms with Gasteiger partial charge in [-0.25, -0.2) is 8.42 Å². The van der Waals surface area contributed by atoms with Crippen LogP contribution in [0.1, 0.15) is 26.7 Å². The smallest absolute Gasteiger partial charge is 0.243 e. The summed E-state index contributed by atoms with van der Waals surface area (Å²) in [6, 6.07) is 3.90. The number of hydrogen-bond acceptors (Lipinski definition) is 4. The number of anilines is 1. The van der Waals surface area contributed by atoms with Crippen LogP contribution < -0.4 is 5.73 Å². The largest absolute Gasteiger partial charge is 0.506 e. The van der Waals surface area contributed by atoms with Crippen LogP contribution in [-0.2, 0) is 10.0 Å². The second kappa shape index (κ2) is 5.58. The average Bonchev–Trinajstić information content (AvgIpc) is 2.33. The molecule has 18 heavy (non-hydrogen) atoms. The van der Waals surface area contributed by atoms with Crippen molar-refractivity contribution >= 4 is 15.7 Å². The van der Waals surface area contributed by atoms with Crippen molar-refractivity contribution in [2.24, 2.45) is 0 Å². The zero-order valence-electron chi connectivity index (χ0n) is 10.9. The topological polar surface area (TPSA) is 83.6 Å². The Morgan fingerprint density at radius 1 is 1.33 bits per heavy atom. The molecular formula is C12H20N2O3S. The van der Waals surface area contributed by atoms with Gasteiger partial charge in [-0.05, 0) is 31.0 Å². The summed E-state index contributed by atoms with van der Waals surface area (Å²) in [7, 11) is -1.99. The molecule has 0 bridgehead atoms. The summed E-state index contributed by atoms with van der Waals surface area (Å²) >= 11 is 0. The number of rotatable bonds is 5. The molecule has 0 amide bonds. The second-order valence-corrected chi connectivity index (χ2v) is 6.21. The van der Waals surface area contributed by atoms with Crippen LogP contribution in [0.25, 0.3) is 0 Å². The third-order valence-corrected chi connectivity index (χ3v) is 5.04. The Labute approximate surface area is 108 Å². The molecule has 3 N–H and O–H groups in total. The molecule has 0 fully saturated rings. The van der Waals surface area contributed by atoms with Crippen LogP contribution in [0.5, 0.6) is 5.75 Å². The second-order valence-electron chi connectivity index (χ2n) is 4.21. The molecule has 0 aromatic heterocycles. The Morgan fingerprint density at radius 2 is 1.89 bits per heavy atom. The molecule has 1 aromatic rings. The molecule has 1 aromatic carbocycles. The lowest BCUT2D eigenvalue weighted by Gasteiger charge is -2.25. The lowest BCUT2D eigenvalue weighted by Crippen LogP contribution is -2.36. The van der Waals surface area contributed by atoms with Gasteiger partial charge in [0.1, 0.15) is 5.75 Å². The van der Waals surface area contributed by atoms with Gasteiger partial charge in [-0.15, -0.1) is 0 Å². The standard InChI is InChI=1S/C12H20N2O3S/c1-4-9(5-2)14(3)18(16,17)10-6-7-12(15)11(13)8-10/h6-9,15H,4-5,13H2,1-3H3. The molecular weight excluding hydrogens is 252 g/mol. The Kier molecular flexibility index (Phi) is 4.59. The summed E-state index contributed by atoms with van der Waals surface area (Å²) in [4.78, 5) is 0.104. The Bertz CT molecular complexity index is 510. The maximum atomic E-state index is 12.3. The molecule has 0 unspecified atom stereocenters. The molecule has 1 rings (SSSR count). The van der Waals surface area contributed by atoms with Crippen LogP contribution in [0.3, 0.4) is 0 Å². The van der Waals surface area contributed by atoms with E-state index in [9.17, 15) is 13.5 Å². The summed E-state index contributed by atoms with van der Waals surface area (Å²) in [5.41, 5.74) is 5.59. The van der Waals surface area contributed by atoms with E-state index in [0.717, 1.165) is 12.8 Å². The lowest BCUT2D eigenvalue weighted by atomic mass is 10.2. The third-order valence-electron chi connectivity index (χ3n) is 3.13. The fraction of sp³-hybridized carbons (Fsp3) is 0.500. The number of nitrogens with two attached hydrogens (primary N) is 1. The molecule has 0 aliphatic rings. The van der Waals surface area contributed by atoms with Crippen LogP contribution in [0, 0.1) is 0 Å². The van der Waals surface area contributed by atoms with Gasteiger partial charge in [-0.2, -0.15) is 4.31 Å². The van der Waals surface area contributed by atoms with Crippen LogP contribution in [0.15, 0.2) is 23.1 Å². The summed E-state index contributed by atoms with van der Waals surface area (Å²) in [5, 5.41) is 9.32. The minimum atomic E-state index is -3.56. The average molecular weight is 272 g/mol. The van der Waals surface area contributed by atoms with Crippen molar-refractivity contribution in [2.45, 2.75) is 37.6 Å². The summed E-state index contributed by atoms with van der Waals surface area (Å²) in [6.07, 6.45) is 1.50. The van der Waals surface area contributed by atoms with Crippen molar-refractivity contribution in [2.75, 3.05) is 12.8 Å². The van der Waals surface area contributed by atoms with E-state index in [2.05, 4.69) is 0 Å². The number of nitrogen functional groups attached to an aromatic ring is 1. The maximum Gasteiger partial charge on any atom is 0.243 e. The third kappa shape index (κ3) is 2.76. The number of sulfonamides is 1. The van der Waals surface area contributed by atoms with Crippen LogP contribution in [0.4, 0.5) is 5.69 Å². The van der Waals surface area contributed by atoms with E-state index >= 15 is 0 Å². The molecule has 0 saturated heterocycles. The van der Waals surface area contributed by atoms with Crippen molar-refractivity contribution in [3.05, 3.63) is 18.2 Å². The van der Waals surface area contributed by atoms with Crippen molar-refractivity contribution in [3.8, 4) is 5.75 Å². The SMILES string of the molecule is CCC(CC)N(C)S(=O)(=O)c1ccc(O)c(N)c1. The Morgan fingerprint density at radius 3 is 2.33 bits per heavy atom. The number of nitrogens with zero attached hydrogens (tertiary/aromatic N) is 1. The molecule has 0 aliphatic carbocycles. The predicted octanol–water partition coefficient (Wildman–Crippen LogP) is 1.78. The van der Waals surface area contributed by atoms with E-state index in [1.165, 1.54) is 22.5 Å². The van der Waals surface area contributed by atoms with Gasteiger partial charge in [0, 0.05) is 13.1 Å². The van der Waals surface area contributed by atoms with Crippen LogP contribution in [-0.4, -0.2) is 30.9 Å². The van der Waals surface area contributed by atoms with Gasteiger partial charge in [0.25, 0.3) is 0 Å². The molecule has 0 spiro atoms. The first-order valence-electron chi connectivity index (χ1n) is 5.91. The van der Waals surface area contributed by atoms with Gasteiger partial charge < -0.3 is 10.8 Å². The highest BCUT2D eigenvalue weighted by Gasteiger charge is 2.26. The highest BCUT2D eigenvalue weighted by molar-refractivity contribution is 7.89. The predicted molar refractivity (Wildman–Crippen MR) is 71.8 cm³/mol. The summed E-state index contributed by atoms with van der Waals surface area (Å²) < 4.78 is 26.0. The minimum Gasteiger partial charge on any atom is -0.506 e. The first-order valence-corrected chi connectivity index (χ1v) is 7.35. The van der Waals surface area contributed by atoms with Crippen LogP contribution >= 0.6 is 0 Å². The number of hydrogen-bond donors (Lipinski definition) is 2.